The summed E-state index contributed by atoms with van der Waals surface area (Å²) in [7, 11) is -3.93. The Hall–Kier alpha value is -3.23. The third-order valence-corrected chi connectivity index (χ3v) is 8.08. The third-order valence-electron chi connectivity index (χ3n) is 6.48. The molecule has 1 fully saturated rings. The van der Waals surface area contributed by atoms with Gasteiger partial charge in [-0.25, -0.2) is 27.5 Å². The van der Waals surface area contributed by atoms with Crippen molar-refractivity contribution < 1.29 is 12.8 Å². The Labute approximate surface area is 215 Å². The lowest BCUT2D eigenvalue weighted by molar-refractivity contribution is 0.456. The van der Waals surface area contributed by atoms with E-state index in [0.717, 1.165) is 42.5 Å². The number of hydrazone groups is 1. The van der Waals surface area contributed by atoms with Crippen molar-refractivity contribution >= 4 is 33.3 Å². The molecular weight excluding hydrogens is 499 g/mol. The number of nitrogens with zero attached hydrogens (tertiary/aromatic N) is 3. The molecule has 0 spiro atoms. The molecule has 1 atom stereocenters. The summed E-state index contributed by atoms with van der Waals surface area (Å²) >= 11 is 5.95. The van der Waals surface area contributed by atoms with Gasteiger partial charge in [-0.2, -0.15) is 5.10 Å². The fraction of sp³-hybridized carbons (Fsp3) is 0.259. The minimum Gasteiger partial charge on any atom is -0.248 e. The van der Waals surface area contributed by atoms with Gasteiger partial charge in [0.1, 0.15) is 5.82 Å². The van der Waals surface area contributed by atoms with Crippen molar-refractivity contribution in [2.45, 2.75) is 42.5 Å². The number of hydrogen-bond donors (Lipinski definition) is 1. The molecule has 1 N–H and O–H groups in total. The first kappa shape index (κ1) is 24.5. The fourth-order valence-electron chi connectivity index (χ4n) is 4.61. The van der Waals surface area contributed by atoms with Gasteiger partial charge in [0.15, 0.2) is 0 Å². The minimum atomic E-state index is -3.93. The normalized spacial score (nSPS) is 18.9. The highest BCUT2D eigenvalue weighted by Crippen LogP contribution is 2.30. The van der Waals surface area contributed by atoms with E-state index in [9.17, 15) is 12.8 Å². The zero-order valence-electron chi connectivity index (χ0n) is 19.5. The van der Waals surface area contributed by atoms with Crippen molar-refractivity contribution in [3.05, 3.63) is 101 Å². The summed E-state index contributed by atoms with van der Waals surface area (Å²) in [5.74, 6) is -0.287. The standard InChI is InChI=1S/C27H26ClFN4O2S/c28-21-12-16-24(17-13-21)36(34,35)32-27(30-23-8-4-5-9-23)33-18-25(19-6-2-1-3-7-19)26(31-33)20-10-14-22(29)15-11-20/h1-3,6-7,10-17,23,25H,4-5,8-9,18H2,(H,30,32). The van der Waals surface area contributed by atoms with Gasteiger partial charge in [0.2, 0.25) is 5.96 Å². The molecule has 186 valence electrons. The van der Waals surface area contributed by atoms with Crippen molar-refractivity contribution in [2.24, 2.45) is 10.1 Å². The lowest BCUT2D eigenvalue weighted by Crippen LogP contribution is -2.42. The first-order valence-corrected chi connectivity index (χ1v) is 13.8. The summed E-state index contributed by atoms with van der Waals surface area (Å²) in [6.45, 7) is 0.394. The molecule has 0 saturated heterocycles. The van der Waals surface area contributed by atoms with Crippen LogP contribution in [0.1, 0.15) is 42.7 Å². The van der Waals surface area contributed by atoms with E-state index in [0.29, 0.717) is 11.6 Å². The number of aliphatic imine (C=N–C) groups is 1. The second kappa shape index (κ2) is 10.4. The molecular formula is C27H26ClFN4O2S. The van der Waals surface area contributed by atoms with E-state index in [1.807, 2.05) is 30.3 Å². The zero-order chi connectivity index (χ0) is 25.1. The van der Waals surface area contributed by atoms with Crippen molar-refractivity contribution in [3.63, 3.8) is 0 Å². The molecule has 36 heavy (non-hydrogen) atoms. The molecule has 9 heteroatoms. The van der Waals surface area contributed by atoms with Gasteiger partial charge in [0.25, 0.3) is 10.0 Å². The van der Waals surface area contributed by atoms with Crippen LogP contribution in [0.3, 0.4) is 0 Å². The molecule has 0 aromatic heterocycles. The first-order valence-electron chi connectivity index (χ1n) is 11.9. The average Bonchev–Trinajstić information content (AvgIpc) is 3.55. The van der Waals surface area contributed by atoms with Crippen LogP contribution < -0.4 is 4.72 Å². The lowest BCUT2D eigenvalue weighted by atomic mass is 9.91. The highest BCUT2D eigenvalue weighted by atomic mass is 35.5. The van der Waals surface area contributed by atoms with E-state index in [1.54, 1.807) is 17.1 Å². The lowest BCUT2D eigenvalue weighted by Gasteiger charge is -2.21. The summed E-state index contributed by atoms with van der Waals surface area (Å²) in [6.07, 6.45) is 3.91. The largest absolute Gasteiger partial charge is 0.264 e. The Morgan fingerprint density at radius 1 is 0.972 bits per heavy atom. The van der Waals surface area contributed by atoms with Crippen molar-refractivity contribution in [1.82, 2.24) is 9.73 Å². The van der Waals surface area contributed by atoms with E-state index in [-0.39, 0.29) is 28.6 Å². The average molecular weight is 525 g/mol. The predicted octanol–water partition coefficient (Wildman–Crippen LogP) is 5.56. The predicted molar refractivity (Wildman–Crippen MR) is 140 cm³/mol. The maximum Gasteiger partial charge on any atom is 0.264 e. The van der Waals surface area contributed by atoms with E-state index in [4.69, 9.17) is 21.7 Å². The molecule has 0 amide bonds. The highest BCUT2D eigenvalue weighted by Gasteiger charge is 2.33. The molecule has 1 saturated carbocycles. The summed E-state index contributed by atoms with van der Waals surface area (Å²) in [5.41, 5.74) is 2.53. The number of benzene rings is 3. The molecule has 1 unspecified atom stereocenters. The van der Waals surface area contributed by atoms with E-state index in [1.165, 1.54) is 36.4 Å². The molecule has 6 nitrogen and oxygen atoms in total. The molecule has 1 aliphatic heterocycles. The van der Waals surface area contributed by atoms with Crippen LogP contribution in [0.15, 0.2) is 93.9 Å². The summed E-state index contributed by atoms with van der Waals surface area (Å²) in [4.78, 5) is 4.91. The number of guanidine groups is 1. The second-order valence-corrected chi connectivity index (χ2v) is 11.1. The number of nitrogens with one attached hydrogen (secondary N) is 1. The van der Waals surface area contributed by atoms with Gasteiger partial charge < -0.3 is 0 Å². The molecule has 5 rings (SSSR count). The van der Waals surface area contributed by atoms with Gasteiger partial charge in [0, 0.05) is 10.9 Å². The SMILES string of the molecule is O=S(=O)(NC(=NC1CCCC1)N1CC(c2ccccc2)C(c2ccc(F)cc2)=N1)c1ccc(Cl)cc1. The Balaban J connectivity index is 1.53. The van der Waals surface area contributed by atoms with Crippen molar-refractivity contribution in [1.29, 1.82) is 0 Å². The molecule has 2 aliphatic rings. The van der Waals surface area contributed by atoms with Crippen LogP contribution in [0.2, 0.25) is 5.02 Å². The quantitative estimate of drug-likeness (QED) is 0.351. The third kappa shape index (κ3) is 5.44. The van der Waals surface area contributed by atoms with Gasteiger partial charge in [-0.3, -0.25) is 0 Å². The van der Waals surface area contributed by atoms with Crippen LogP contribution in [0.25, 0.3) is 0 Å². The van der Waals surface area contributed by atoms with Crippen LogP contribution in [0.5, 0.6) is 0 Å². The topological polar surface area (TPSA) is 74.1 Å². The van der Waals surface area contributed by atoms with Gasteiger partial charge in [0.05, 0.1) is 23.2 Å². The summed E-state index contributed by atoms with van der Waals surface area (Å²) in [6, 6.07) is 22.1. The minimum absolute atomic E-state index is 0.0214. The number of halogens is 2. The highest BCUT2D eigenvalue weighted by molar-refractivity contribution is 7.90. The molecule has 1 heterocycles. The number of sulfonamides is 1. The van der Waals surface area contributed by atoms with E-state index in [2.05, 4.69) is 4.72 Å². The Bertz CT molecular complexity index is 1370. The first-order chi connectivity index (χ1) is 17.4. The maximum atomic E-state index is 13.6. The Kier molecular flexibility index (Phi) is 7.07. The van der Waals surface area contributed by atoms with E-state index >= 15 is 0 Å². The monoisotopic (exact) mass is 524 g/mol. The van der Waals surface area contributed by atoms with Crippen molar-refractivity contribution in [3.8, 4) is 0 Å². The number of rotatable bonds is 5. The maximum absolute atomic E-state index is 13.6. The van der Waals surface area contributed by atoms with Gasteiger partial charge >= 0.3 is 0 Å². The zero-order valence-corrected chi connectivity index (χ0v) is 21.1. The Morgan fingerprint density at radius 3 is 2.31 bits per heavy atom. The molecule has 0 bridgehead atoms. The fourth-order valence-corrected chi connectivity index (χ4v) is 5.74. The van der Waals surface area contributed by atoms with Gasteiger partial charge in [-0.05, 0) is 60.4 Å². The molecule has 3 aromatic carbocycles. The molecule has 0 radical (unpaired) electrons. The molecule has 3 aromatic rings. The molecule has 1 aliphatic carbocycles. The van der Waals surface area contributed by atoms with Crippen molar-refractivity contribution in [2.75, 3.05) is 6.54 Å². The van der Waals surface area contributed by atoms with E-state index < -0.39 is 10.0 Å². The van der Waals surface area contributed by atoms with Crippen LogP contribution in [-0.4, -0.2) is 37.7 Å². The van der Waals surface area contributed by atoms with Gasteiger partial charge in [-0.15, -0.1) is 0 Å². The van der Waals surface area contributed by atoms with Crippen LogP contribution in [0.4, 0.5) is 4.39 Å². The van der Waals surface area contributed by atoms with Gasteiger partial charge in [-0.1, -0.05) is 66.9 Å². The summed E-state index contributed by atoms with van der Waals surface area (Å²) < 4.78 is 42.9. The summed E-state index contributed by atoms with van der Waals surface area (Å²) in [5, 5.41) is 6.91. The van der Waals surface area contributed by atoms with Crippen LogP contribution >= 0.6 is 11.6 Å². The smallest absolute Gasteiger partial charge is 0.248 e. The van der Waals surface area contributed by atoms with Crippen LogP contribution in [0, 0.1) is 5.82 Å². The Morgan fingerprint density at radius 2 is 1.64 bits per heavy atom. The second-order valence-electron chi connectivity index (χ2n) is 8.99. The van der Waals surface area contributed by atoms with Crippen LogP contribution in [-0.2, 0) is 10.0 Å². The number of hydrogen-bond acceptors (Lipinski definition) is 4.